The highest BCUT2D eigenvalue weighted by Gasteiger charge is 2.46. The van der Waals surface area contributed by atoms with Gasteiger partial charge in [0.2, 0.25) is 0 Å². The second-order valence-corrected chi connectivity index (χ2v) is 5.20. The first-order chi connectivity index (χ1) is 10.6. The monoisotopic (exact) mass is 313 g/mol. The minimum absolute atomic E-state index is 0.331. The molecule has 0 aliphatic carbocycles. The van der Waals surface area contributed by atoms with Gasteiger partial charge in [-0.3, -0.25) is 4.84 Å². The van der Waals surface area contributed by atoms with E-state index in [2.05, 4.69) is 0 Å². The van der Waals surface area contributed by atoms with Crippen LogP contribution in [0.3, 0.4) is 0 Å². The highest BCUT2D eigenvalue weighted by atomic mass is 16.7. The SMILES string of the molecule is CCON(Cc1ccccc1)[C@@H]1O[C@H](CO)[C@@H](O)[C@H](O)[C@H]1O. The molecule has 5 atom stereocenters. The number of aliphatic hydroxyl groups is 4. The average molecular weight is 313 g/mol. The Balaban J connectivity index is 2.15. The van der Waals surface area contributed by atoms with Gasteiger partial charge in [0.25, 0.3) is 0 Å². The van der Waals surface area contributed by atoms with Crippen molar-refractivity contribution in [2.24, 2.45) is 0 Å². The number of aliphatic hydroxyl groups excluding tert-OH is 4. The molecular formula is C15H23NO6. The summed E-state index contributed by atoms with van der Waals surface area (Å²) < 4.78 is 5.51. The van der Waals surface area contributed by atoms with Crippen LogP contribution in [0.5, 0.6) is 0 Å². The number of ether oxygens (including phenoxy) is 1. The maximum absolute atomic E-state index is 10.2. The smallest absolute Gasteiger partial charge is 0.162 e. The van der Waals surface area contributed by atoms with Crippen molar-refractivity contribution in [2.75, 3.05) is 13.2 Å². The molecule has 2 rings (SSSR count). The molecule has 0 aromatic heterocycles. The molecule has 7 heteroatoms. The van der Waals surface area contributed by atoms with E-state index in [1.165, 1.54) is 5.06 Å². The average Bonchev–Trinajstić information content (AvgIpc) is 2.54. The van der Waals surface area contributed by atoms with Gasteiger partial charge in [0.1, 0.15) is 24.4 Å². The quantitative estimate of drug-likeness (QED) is 0.512. The van der Waals surface area contributed by atoms with Crippen LogP contribution in [0.2, 0.25) is 0 Å². The second kappa shape index (κ2) is 7.98. The predicted octanol–water partition coefficient (Wildman–Crippen LogP) is -0.760. The summed E-state index contributed by atoms with van der Waals surface area (Å²) in [5.74, 6) is 0. The summed E-state index contributed by atoms with van der Waals surface area (Å²) in [5, 5.41) is 40.5. The maximum Gasteiger partial charge on any atom is 0.162 e. The Kier molecular flexibility index (Phi) is 6.27. The van der Waals surface area contributed by atoms with Crippen LogP contribution in [-0.2, 0) is 16.1 Å². The first-order valence-corrected chi connectivity index (χ1v) is 7.32. The van der Waals surface area contributed by atoms with E-state index in [0.717, 1.165) is 5.56 Å². The Morgan fingerprint density at radius 3 is 2.36 bits per heavy atom. The minimum atomic E-state index is -1.42. The molecule has 1 heterocycles. The molecule has 0 unspecified atom stereocenters. The lowest BCUT2D eigenvalue weighted by atomic mass is 9.98. The number of benzene rings is 1. The van der Waals surface area contributed by atoms with Gasteiger partial charge in [0, 0.05) is 0 Å². The van der Waals surface area contributed by atoms with Crippen LogP contribution >= 0.6 is 0 Å². The highest BCUT2D eigenvalue weighted by Crippen LogP contribution is 2.25. The minimum Gasteiger partial charge on any atom is -0.394 e. The normalized spacial score (nSPS) is 32.4. The molecule has 0 bridgehead atoms. The van der Waals surface area contributed by atoms with Crippen LogP contribution in [0.4, 0.5) is 0 Å². The van der Waals surface area contributed by atoms with Crippen molar-refractivity contribution in [3.05, 3.63) is 35.9 Å². The van der Waals surface area contributed by atoms with Gasteiger partial charge in [-0.25, -0.2) is 0 Å². The Morgan fingerprint density at radius 1 is 1.09 bits per heavy atom. The predicted molar refractivity (Wildman–Crippen MR) is 77.4 cm³/mol. The summed E-state index contributed by atoms with van der Waals surface area (Å²) in [6.07, 6.45) is -6.10. The van der Waals surface area contributed by atoms with Crippen molar-refractivity contribution in [3.8, 4) is 0 Å². The molecule has 0 saturated carbocycles. The highest BCUT2D eigenvalue weighted by molar-refractivity contribution is 5.14. The molecule has 0 spiro atoms. The van der Waals surface area contributed by atoms with Crippen molar-refractivity contribution >= 4 is 0 Å². The van der Waals surface area contributed by atoms with Crippen LogP contribution in [-0.4, -0.2) is 69.3 Å². The third-order valence-electron chi connectivity index (χ3n) is 3.63. The maximum atomic E-state index is 10.2. The number of nitrogens with zero attached hydrogens (tertiary/aromatic N) is 1. The molecule has 1 aromatic carbocycles. The molecule has 7 nitrogen and oxygen atoms in total. The van der Waals surface area contributed by atoms with Crippen LogP contribution in [0.25, 0.3) is 0 Å². The van der Waals surface area contributed by atoms with E-state index < -0.39 is 37.3 Å². The van der Waals surface area contributed by atoms with Gasteiger partial charge in [-0.05, 0) is 12.5 Å². The lowest BCUT2D eigenvalue weighted by Crippen LogP contribution is -2.63. The summed E-state index contributed by atoms with van der Waals surface area (Å²) in [7, 11) is 0. The Bertz CT molecular complexity index is 443. The van der Waals surface area contributed by atoms with E-state index >= 15 is 0 Å². The number of rotatable bonds is 6. The third-order valence-corrected chi connectivity index (χ3v) is 3.63. The molecule has 0 amide bonds. The fourth-order valence-electron chi connectivity index (χ4n) is 2.46. The van der Waals surface area contributed by atoms with Crippen molar-refractivity contribution in [2.45, 2.75) is 44.1 Å². The first-order valence-electron chi connectivity index (χ1n) is 7.32. The largest absolute Gasteiger partial charge is 0.394 e. The fourth-order valence-corrected chi connectivity index (χ4v) is 2.46. The van der Waals surface area contributed by atoms with E-state index in [0.29, 0.717) is 13.2 Å². The van der Waals surface area contributed by atoms with E-state index in [9.17, 15) is 20.4 Å². The summed E-state index contributed by atoms with van der Waals surface area (Å²) >= 11 is 0. The van der Waals surface area contributed by atoms with Gasteiger partial charge in [-0.2, -0.15) is 5.06 Å². The number of hydrogen-bond acceptors (Lipinski definition) is 7. The van der Waals surface area contributed by atoms with Gasteiger partial charge in [-0.1, -0.05) is 30.3 Å². The topological polar surface area (TPSA) is 103 Å². The molecular weight excluding hydrogens is 290 g/mol. The molecule has 1 fully saturated rings. The third kappa shape index (κ3) is 3.82. The molecule has 1 saturated heterocycles. The lowest BCUT2D eigenvalue weighted by molar-refractivity contribution is -0.337. The van der Waals surface area contributed by atoms with Crippen LogP contribution < -0.4 is 0 Å². The molecule has 22 heavy (non-hydrogen) atoms. The van der Waals surface area contributed by atoms with Crippen molar-refractivity contribution in [1.82, 2.24) is 5.06 Å². The summed E-state index contributed by atoms with van der Waals surface area (Å²) in [4.78, 5) is 5.51. The van der Waals surface area contributed by atoms with Gasteiger partial charge < -0.3 is 25.2 Å². The standard InChI is InChI=1S/C15H23NO6/c1-2-21-16(8-10-6-4-3-5-7-10)15-14(20)13(19)12(18)11(9-17)22-15/h3-7,11-15,17-20H,2,8-9H2,1H3/t11-,12-,13+,14-,15-/m1/s1. The van der Waals surface area contributed by atoms with Gasteiger partial charge >= 0.3 is 0 Å². The summed E-state index contributed by atoms with van der Waals surface area (Å²) in [5.41, 5.74) is 0.938. The Hall–Kier alpha value is -1.06. The van der Waals surface area contributed by atoms with Gasteiger partial charge in [-0.15, -0.1) is 0 Å². The molecule has 1 aliphatic heterocycles. The van der Waals surface area contributed by atoms with E-state index in [-0.39, 0.29) is 0 Å². The van der Waals surface area contributed by atoms with Crippen LogP contribution in [0, 0.1) is 0 Å². The zero-order valence-electron chi connectivity index (χ0n) is 12.4. The zero-order valence-corrected chi connectivity index (χ0v) is 12.4. The van der Waals surface area contributed by atoms with Gasteiger partial charge in [0.05, 0.1) is 19.8 Å². The molecule has 4 N–H and O–H groups in total. The number of hydroxylamine groups is 2. The van der Waals surface area contributed by atoms with Crippen LogP contribution in [0.15, 0.2) is 30.3 Å². The Morgan fingerprint density at radius 2 is 1.77 bits per heavy atom. The number of hydrogen-bond donors (Lipinski definition) is 4. The molecule has 0 radical (unpaired) electrons. The van der Waals surface area contributed by atoms with E-state index in [4.69, 9.17) is 9.57 Å². The van der Waals surface area contributed by atoms with Crippen molar-refractivity contribution in [3.63, 3.8) is 0 Å². The zero-order chi connectivity index (χ0) is 16.1. The van der Waals surface area contributed by atoms with Crippen molar-refractivity contribution in [1.29, 1.82) is 0 Å². The second-order valence-electron chi connectivity index (χ2n) is 5.20. The van der Waals surface area contributed by atoms with Crippen molar-refractivity contribution < 1.29 is 30.0 Å². The fraction of sp³-hybridized carbons (Fsp3) is 0.600. The molecule has 1 aliphatic rings. The summed E-state index contributed by atoms with van der Waals surface area (Å²) in [6, 6.07) is 9.45. The Labute approximate surface area is 129 Å². The van der Waals surface area contributed by atoms with E-state index in [1.54, 1.807) is 6.92 Å². The molecule has 124 valence electrons. The van der Waals surface area contributed by atoms with Crippen LogP contribution in [0.1, 0.15) is 12.5 Å². The lowest BCUT2D eigenvalue weighted by Gasteiger charge is -2.43. The van der Waals surface area contributed by atoms with Gasteiger partial charge in [0.15, 0.2) is 6.23 Å². The van der Waals surface area contributed by atoms with E-state index in [1.807, 2.05) is 30.3 Å². The molecule has 1 aromatic rings. The first kappa shape index (κ1) is 17.3. The summed E-state index contributed by atoms with van der Waals surface area (Å²) in [6.45, 7) is 2.01.